The van der Waals surface area contributed by atoms with Crippen molar-refractivity contribution in [2.75, 3.05) is 6.54 Å². The molecule has 1 heterocycles. The van der Waals surface area contributed by atoms with Gasteiger partial charge in [-0.25, -0.2) is 0 Å². The third-order valence-corrected chi connectivity index (χ3v) is 3.26. The SMILES string of the molecule is CC(C)C[C@H](CN)Cc1nncn1-c1ccccc1. The van der Waals surface area contributed by atoms with Gasteiger partial charge in [0.05, 0.1) is 0 Å². The van der Waals surface area contributed by atoms with E-state index in [4.69, 9.17) is 5.73 Å². The van der Waals surface area contributed by atoms with Crippen LogP contribution in [-0.4, -0.2) is 21.3 Å². The molecule has 0 amide bonds. The average Bonchev–Trinajstić information content (AvgIpc) is 2.86. The van der Waals surface area contributed by atoms with Crippen LogP contribution in [0.15, 0.2) is 36.7 Å². The summed E-state index contributed by atoms with van der Waals surface area (Å²) in [6, 6.07) is 10.2. The van der Waals surface area contributed by atoms with Gasteiger partial charge < -0.3 is 5.73 Å². The highest BCUT2D eigenvalue weighted by Gasteiger charge is 2.14. The first kappa shape index (κ1) is 13.7. The third-order valence-electron chi connectivity index (χ3n) is 3.26. The maximum atomic E-state index is 5.87. The third kappa shape index (κ3) is 3.64. The molecule has 0 unspecified atom stereocenters. The summed E-state index contributed by atoms with van der Waals surface area (Å²) in [6.07, 6.45) is 3.77. The zero-order valence-electron chi connectivity index (χ0n) is 11.7. The molecule has 0 fully saturated rings. The van der Waals surface area contributed by atoms with E-state index in [0.717, 1.165) is 24.4 Å². The van der Waals surface area contributed by atoms with Crippen LogP contribution in [-0.2, 0) is 6.42 Å². The zero-order valence-corrected chi connectivity index (χ0v) is 11.7. The predicted octanol–water partition coefficient (Wildman–Crippen LogP) is 2.43. The monoisotopic (exact) mass is 258 g/mol. The summed E-state index contributed by atoms with van der Waals surface area (Å²) in [5.74, 6) is 2.11. The van der Waals surface area contributed by atoms with Crippen molar-refractivity contribution >= 4 is 0 Å². The van der Waals surface area contributed by atoms with Crippen molar-refractivity contribution < 1.29 is 0 Å². The van der Waals surface area contributed by atoms with Crippen LogP contribution in [0.4, 0.5) is 0 Å². The van der Waals surface area contributed by atoms with E-state index in [1.54, 1.807) is 6.33 Å². The summed E-state index contributed by atoms with van der Waals surface area (Å²) in [4.78, 5) is 0. The molecule has 0 aliphatic heterocycles. The van der Waals surface area contributed by atoms with Crippen molar-refractivity contribution in [2.45, 2.75) is 26.7 Å². The van der Waals surface area contributed by atoms with E-state index >= 15 is 0 Å². The lowest BCUT2D eigenvalue weighted by Gasteiger charge is -2.17. The van der Waals surface area contributed by atoms with Crippen LogP contribution in [0.3, 0.4) is 0 Å². The maximum absolute atomic E-state index is 5.87. The lowest BCUT2D eigenvalue weighted by molar-refractivity contribution is 0.406. The first-order valence-electron chi connectivity index (χ1n) is 6.85. The summed E-state index contributed by atoms with van der Waals surface area (Å²) in [6.45, 7) is 5.15. The molecular formula is C15H22N4. The van der Waals surface area contributed by atoms with Crippen molar-refractivity contribution in [3.8, 4) is 5.69 Å². The molecule has 2 aromatic rings. The molecule has 0 aliphatic carbocycles. The van der Waals surface area contributed by atoms with E-state index in [2.05, 4.69) is 36.2 Å². The highest BCUT2D eigenvalue weighted by molar-refractivity contribution is 5.32. The minimum Gasteiger partial charge on any atom is -0.330 e. The van der Waals surface area contributed by atoms with E-state index in [0.29, 0.717) is 18.4 Å². The fraction of sp³-hybridized carbons (Fsp3) is 0.467. The summed E-state index contributed by atoms with van der Waals surface area (Å²) in [5.41, 5.74) is 6.97. The normalized spacial score (nSPS) is 12.8. The topological polar surface area (TPSA) is 56.7 Å². The maximum Gasteiger partial charge on any atom is 0.137 e. The first-order valence-corrected chi connectivity index (χ1v) is 6.85. The molecule has 2 N–H and O–H groups in total. The van der Waals surface area contributed by atoms with Gasteiger partial charge in [-0.1, -0.05) is 32.0 Å². The smallest absolute Gasteiger partial charge is 0.137 e. The van der Waals surface area contributed by atoms with Gasteiger partial charge in [-0.05, 0) is 36.9 Å². The lowest BCUT2D eigenvalue weighted by atomic mass is 9.94. The van der Waals surface area contributed by atoms with Crippen LogP contribution in [0, 0.1) is 11.8 Å². The zero-order chi connectivity index (χ0) is 13.7. The van der Waals surface area contributed by atoms with Crippen LogP contribution in [0.2, 0.25) is 0 Å². The van der Waals surface area contributed by atoms with Gasteiger partial charge in [0.15, 0.2) is 0 Å². The molecule has 4 heteroatoms. The molecule has 2 rings (SSSR count). The standard InChI is InChI=1S/C15H22N4/c1-12(2)8-13(10-16)9-15-18-17-11-19(15)14-6-4-3-5-7-14/h3-7,11-13H,8-10,16H2,1-2H3/t13-/m0/s1. The molecule has 0 saturated carbocycles. The highest BCUT2D eigenvalue weighted by Crippen LogP contribution is 2.17. The number of rotatable bonds is 6. The lowest BCUT2D eigenvalue weighted by Crippen LogP contribution is -2.20. The molecule has 0 bridgehead atoms. The quantitative estimate of drug-likeness (QED) is 0.865. The molecule has 0 aliphatic rings. The Morgan fingerprint density at radius 1 is 1.21 bits per heavy atom. The van der Waals surface area contributed by atoms with Gasteiger partial charge in [0.2, 0.25) is 0 Å². The van der Waals surface area contributed by atoms with Gasteiger partial charge in [-0.15, -0.1) is 10.2 Å². The molecule has 1 aromatic heterocycles. The number of aromatic nitrogens is 3. The van der Waals surface area contributed by atoms with E-state index in [9.17, 15) is 0 Å². The predicted molar refractivity (Wildman–Crippen MR) is 77.1 cm³/mol. The number of hydrogen-bond acceptors (Lipinski definition) is 3. The van der Waals surface area contributed by atoms with E-state index in [-0.39, 0.29) is 0 Å². The molecule has 1 atom stereocenters. The van der Waals surface area contributed by atoms with Gasteiger partial charge in [0.25, 0.3) is 0 Å². The summed E-state index contributed by atoms with van der Waals surface area (Å²) in [7, 11) is 0. The van der Waals surface area contributed by atoms with E-state index in [1.807, 2.05) is 22.8 Å². The van der Waals surface area contributed by atoms with Gasteiger partial charge in [-0.3, -0.25) is 4.57 Å². The fourth-order valence-corrected chi connectivity index (χ4v) is 2.39. The Balaban J connectivity index is 2.16. The second-order valence-electron chi connectivity index (χ2n) is 5.39. The molecule has 19 heavy (non-hydrogen) atoms. The summed E-state index contributed by atoms with van der Waals surface area (Å²) < 4.78 is 2.04. The molecule has 1 aromatic carbocycles. The van der Waals surface area contributed by atoms with Crippen molar-refractivity contribution in [3.05, 3.63) is 42.5 Å². The van der Waals surface area contributed by atoms with E-state index < -0.39 is 0 Å². The minimum absolute atomic E-state index is 0.465. The first-order chi connectivity index (χ1) is 9.20. The fourth-order valence-electron chi connectivity index (χ4n) is 2.39. The highest BCUT2D eigenvalue weighted by atomic mass is 15.3. The number of hydrogen-bond donors (Lipinski definition) is 1. The van der Waals surface area contributed by atoms with Crippen molar-refractivity contribution in [1.82, 2.24) is 14.8 Å². The second kappa shape index (κ2) is 6.48. The molecule has 0 spiro atoms. The largest absolute Gasteiger partial charge is 0.330 e. The van der Waals surface area contributed by atoms with Crippen molar-refractivity contribution in [3.63, 3.8) is 0 Å². The number of benzene rings is 1. The van der Waals surface area contributed by atoms with E-state index in [1.165, 1.54) is 0 Å². The van der Waals surface area contributed by atoms with Gasteiger partial charge in [-0.2, -0.15) is 0 Å². The van der Waals surface area contributed by atoms with Crippen molar-refractivity contribution in [1.29, 1.82) is 0 Å². The minimum atomic E-state index is 0.465. The molecule has 0 radical (unpaired) electrons. The Kier molecular flexibility index (Phi) is 4.68. The van der Waals surface area contributed by atoms with Crippen LogP contribution < -0.4 is 5.73 Å². The Morgan fingerprint density at radius 2 is 1.95 bits per heavy atom. The Hall–Kier alpha value is -1.68. The van der Waals surface area contributed by atoms with Crippen LogP contribution >= 0.6 is 0 Å². The molecule has 102 valence electrons. The number of para-hydroxylation sites is 1. The van der Waals surface area contributed by atoms with Crippen LogP contribution in [0.25, 0.3) is 5.69 Å². The number of nitrogens with two attached hydrogens (primary N) is 1. The summed E-state index contributed by atoms with van der Waals surface area (Å²) in [5, 5.41) is 8.28. The Bertz CT molecular complexity index is 490. The van der Waals surface area contributed by atoms with Crippen LogP contribution in [0.5, 0.6) is 0 Å². The average molecular weight is 258 g/mol. The Labute approximate surface area is 114 Å². The van der Waals surface area contributed by atoms with Crippen LogP contribution in [0.1, 0.15) is 26.1 Å². The molecular weight excluding hydrogens is 236 g/mol. The second-order valence-corrected chi connectivity index (χ2v) is 5.39. The van der Waals surface area contributed by atoms with Gasteiger partial charge >= 0.3 is 0 Å². The van der Waals surface area contributed by atoms with Gasteiger partial charge in [0.1, 0.15) is 12.2 Å². The summed E-state index contributed by atoms with van der Waals surface area (Å²) >= 11 is 0. The molecule has 0 saturated heterocycles. The number of nitrogens with zero attached hydrogens (tertiary/aromatic N) is 3. The Morgan fingerprint density at radius 3 is 2.58 bits per heavy atom. The van der Waals surface area contributed by atoms with Crippen molar-refractivity contribution in [2.24, 2.45) is 17.6 Å². The van der Waals surface area contributed by atoms with Gasteiger partial charge in [0, 0.05) is 12.1 Å². The molecule has 4 nitrogen and oxygen atoms in total.